The van der Waals surface area contributed by atoms with Crippen molar-refractivity contribution in [1.82, 2.24) is 4.90 Å². The Morgan fingerprint density at radius 2 is 1.79 bits per heavy atom. The molecule has 0 radical (unpaired) electrons. The maximum absolute atomic E-state index is 12.7. The highest BCUT2D eigenvalue weighted by atomic mass is 16.5. The van der Waals surface area contributed by atoms with Gasteiger partial charge in [-0.05, 0) is 49.6 Å². The lowest BCUT2D eigenvalue weighted by molar-refractivity contribution is -0.120. The molecule has 2 aromatic carbocycles. The van der Waals surface area contributed by atoms with Crippen LogP contribution in [0.3, 0.4) is 0 Å². The molecule has 154 valence electrons. The largest absolute Gasteiger partial charge is 0.494 e. The van der Waals surface area contributed by atoms with Crippen molar-refractivity contribution in [3.05, 3.63) is 60.2 Å². The fourth-order valence-electron chi connectivity index (χ4n) is 3.67. The third-order valence-electron chi connectivity index (χ3n) is 5.35. The molecule has 5 nitrogen and oxygen atoms in total. The van der Waals surface area contributed by atoms with Crippen LogP contribution in [0, 0.1) is 5.92 Å². The Labute approximate surface area is 173 Å². The van der Waals surface area contributed by atoms with Gasteiger partial charge in [-0.2, -0.15) is 0 Å². The fraction of sp³-hybridized carbons (Fsp3) is 0.417. The van der Waals surface area contributed by atoms with Crippen molar-refractivity contribution in [2.75, 3.05) is 25.5 Å². The van der Waals surface area contributed by atoms with Gasteiger partial charge in [0.1, 0.15) is 5.75 Å². The second kappa shape index (κ2) is 10.6. The number of amides is 2. The van der Waals surface area contributed by atoms with Crippen LogP contribution in [0.25, 0.3) is 0 Å². The number of para-hydroxylation sites is 1. The third kappa shape index (κ3) is 6.34. The number of hydrogen-bond donors (Lipinski definition) is 1. The molecule has 0 spiro atoms. The summed E-state index contributed by atoms with van der Waals surface area (Å²) in [4.78, 5) is 26.9. The van der Waals surface area contributed by atoms with Crippen molar-refractivity contribution in [2.45, 2.75) is 38.5 Å². The quantitative estimate of drug-likeness (QED) is 0.658. The smallest absolute Gasteiger partial charge is 0.253 e. The van der Waals surface area contributed by atoms with Crippen LogP contribution in [0.4, 0.5) is 5.69 Å². The first kappa shape index (κ1) is 20.9. The number of nitrogens with zero attached hydrogens (tertiary/aromatic N) is 1. The Hall–Kier alpha value is -2.82. The molecule has 0 unspecified atom stereocenters. The Kier molecular flexibility index (Phi) is 7.68. The topological polar surface area (TPSA) is 58.6 Å². The molecule has 1 N–H and O–H groups in total. The van der Waals surface area contributed by atoms with Gasteiger partial charge in [0.05, 0.1) is 6.61 Å². The molecule has 0 atom stereocenters. The summed E-state index contributed by atoms with van der Waals surface area (Å²) in [6.07, 6.45) is 6.12. The van der Waals surface area contributed by atoms with Crippen molar-refractivity contribution in [1.29, 1.82) is 0 Å². The maximum atomic E-state index is 12.7. The second-order valence-corrected chi connectivity index (χ2v) is 7.65. The molecule has 1 aliphatic rings. The summed E-state index contributed by atoms with van der Waals surface area (Å²) in [5.41, 5.74) is 1.27. The van der Waals surface area contributed by atoms with E-state index in [-0.39, 0.29) is 17.7 Å². The van der Waals surface area contributed by atoms with E-state index in [1.807, 2.05) is 42.5 Å². The van der Waals surface area contributed by atoms with E-state index in [1.165, 1.54) is 6.42 Å². The number of anilines is 1. The van der Waals surface area contributed by atoms with Crippen molar-refractivity contribution < 1.29 is 14.3 Å². The minimum absolute atomic E-state index is 0.0570. The lowest BCUT2D eigenvalue weighted by Gasteiger charge is -2.21. The van der Waals surface area contributed by atoms with Crippen LogP contribution < -0.4 is 10.1 Å². The van der Waals surface area contributed by atoms with Crippen molar-refractivity contribution in [3.63, 3.8) is 0 Å². The van der Waals surface area contributed by atoms with Gasteiger partial charge in [-0.25, -0.2) is 0 Å². The molecule has 0 heterocycles. The zero-order valence-corrected chi connectivity index (χ0v) is 17.1. The molecular formula is C24H30N2O3. The first-order valence-electron chi connectivity index (χ1n) is 10.5. The molecule has 29 heavy (non-hydrogen) atoms. The van der Waals surface area contributed by atoms with Crippen LogP contribution in [-0.2, 0) is 4.79 Å². The van der Waals surface area contributed by atoms with Gasteiger partial charge < -0.3 is 15.0 Å². The summed E-state index contributed by atoms with van der Waals surface area (Å²) < 4.78 is 5.68. The second-order valence-electron chi connectivity index (χ2n) is 7.65. The average Bonchev–Trinajstić information content (AvgIpc) is 2.77. The van der Waals surface area contributed by atoms with E-state index in [2.05, 4.69) is 5.32 Å². The van der Waals surface area contributed by atoms with E-state index in [0.29, 0.717) is 24.4 Å². The highest BCUT2D eigenvalue weighted by molar-refractivity contribution is 5.97. The molecule has 1 saturated carbocycles. The van der Waals surface area contributed by atoms with Crippen LogP contribution in [-0.4, -0.2) is 36.9 Å². The summed E-state index contributed by atoms with van der Waals surface area (Å²) in [5.74, 6) is 0.942. The number of rotatable bonds is 8. The lowest BCUT2D eigenvalue weighted by Crippen LogP contribution is -2.29. The first-order chi connectivity index (χ1) is 14.1. The Bertz CT molecular complexity index is 801. The molecular weight excluding hydrogens is 364 g/mol. The van der Waals surface area contributed by atoms with E-state index in [4.69, 9.17) is 4.74 Å². The molecule has 0 saturated heterocycles. The van der Waals surface area contributed by atoms with Crippen LogP contribution in [0.5, 0.6) is 5.75 Å². The highest BCUT2D eigenvalue weighted by Gasteiger charge is 2.21. The predicted molar refractivity (Wildman–Crippen MR) is 115 cm³/mol. The average molecular weight is 395 g/mol. The summed E-state index contributed by atoms with van der Waals surface area (Å²) in [6.45, 7) is 1.16. The van der Waals surface area contributed by atoms with E-state index < -0.39 is 0 Å². The molecule has 5 heteroatoms. The highest BCUT2D eigenvalue weighted by Crippen LogP contribution is 2.25. The zero-order valence-electron chi connectivity index (χ0n) is 17.1. The molecule has 1 fully saturated rings. The molecule has 0 aromatic heterocycles. The molecule has 1 aliphatic carbocycles. The SMILES string of the molecule is CN(CCCOc1ccccc1)C(=O)c1cccc(NC(=O)C2CCCCC2)c1. The number of carbonyl (C=O) groups excluding carboxylic acids is 2. The van der Waals surface area contributed by atoms with Gasteiger partial charge >= 0.3 is 0 Å². The number of benzene rings is 2. The number of nitrogens with one attached hydrogen (secondary N) is 1. The Morgan fingerprint density at radius 3 is 2.55 bits per heavy atom. The zero-order chi connectivity index (χ0) is 20.5. The van der Waals surface area contributed by atoms with Gasteiger partial charge in [-0.3, -0.25) is 9.59 Å². The van der Waals surface area contributed by atoms with Gasteiger partial charge in [0, 0.05) is 30.8 Å². The van der Waals surface area contributed by atoms with E-state index in [9.17, 15) is 9.59 Å². The molecule has 0 aliphatic heterocycles. The predicted octanol–water partition coefficient (Wildman–Crippen LogP) is 4.75. The Balaban J connectivity index is 1.48. The van der Waals surface area contributed by atoms with E-state index in [0.717, 1.165) is 37.9 Å². The maximum Gasteiger partial charge on any atom is 0.253 e. The first-order valence-corrected chi connectivity index (χ1v) is 10.5. The van der Waals surface area contributed by atoms with Crippen LogP contribution >= 0.6 is 0 Å². The van der Waals surface area contributed by atoms with Gasteiger partial charge in [-0.1, -0.05) is 43.5 Å². The van der Waals surface area contributed by atoms with Gasteiger partial charge in [0.2, 0.25) is 5.91 Å². The van der Waals surface area contributed by atoms with Crippen LogP contribution in [0.2, 0.25) is 0 Å². The van der Waals surface area contributed by atoms with Gasteiger partial charge in [0.25, 0.3) is 5.91 Å². The molecule has 3 rings (SSSR count). The number of ether oxygens (including phenoxy) is 1. The third-order valence-corrected chi connectivity index (χ3v) is 5.35. The number of carbonyl (C=O) groups is 2. The lowest BCUT2D eigenvalue weighted by atomic mass is 9.88. The van der Waals surface area contributed by atoms with Crippen molar-refractivity contribution in [2.24, 2.45) is 5.92 Å². The van der Waals surface area contributed by atoms with Crippen molar-refractivity contribution >= 4 is 17.5 Å². The van der Waals surface area contributed by atoms with E-state index in [1.54, 1.807) is 24.1 Å². The van der Waals surface area contributed by atoms with Gasteiger partial charge in [0.15, 0.2) is 0 Å². The van der Waals surface area contributed by atoms with Crippen molar-refractivity contribution in [3.8, 4) is 5.75 Å². The fourth-order valence-corrected chi connectivity index (χ4v) is 3.67. The van der Waals surface area contributed by atoms with Crippen LogP contribution in [0.15, 0.2) is 54.6 Å². The Morgan fingerprint density at radius 1 is 1.03 bits per heavy atom. The minimum Gasteiger partial charge on any atom is -0.494 e. The van der Waals surface area contributed by atoms with Gasteiger partial charge in [-0.15, -0.1) is 0 Å². The number of hydrogen-bond acceptors (Lipinski definition) is 3. The normalized spacial score (nSPS) is 14.2. The summed E-state index contributed by atoms with van der Waals surface area (Å²) >= 11 is 0. The molecule has 2 aromatic rings. The van der Waals surface area contributed by atoms with E-state index >= 15 is 0 Å². The minimum atomic E-state index is -0.0570. The summed E-state index contributed by atoms with van der Waals surface area (Å²) in [5, 5.41) is 2.99. The summed E-state index contributed by atoms with van der Waals surface area (Å²) in [6, 6.07) is 16.9. The molecule has 0 bridgehead atoms. The summed E-state index contributed by atoms with van der Waals surface area (Å²) in [7, 11) is 1.79. The standard InChI is InChI=1S/C24H30N2O3/c1-26(16-9-17-29-22-14-6-3-7-15-22)24(28)20-12-8-13-21(18-20)25-23(27)19-10-4-2-5-11-19/h3,6-8,12-15,18-19H,2,4-5,9-11,16-17H2,1H3,(H,25,27). The molecule has 2 amide bonds. The van der Waals surface area contributed by atoms with Crippen LogP contribution in [0.1, 0.15) is 48.9 Å². The monoisotopic (exact) mass is 394 g/mol.